The van der Waals surface area contributed by atoms with Crippen LogP contribution in [0.25, 0.3) is 0 Å². The molecule has 0 saturated carbocycles. The molecule has 1 aliphatic heterocycles. The van der Waals surface area contributed by atoms with Gasteiger partial charge in [-0.15, -0.1) is 0 Å². The lowest BCUT2D eigenvalue weighted by Gasteiger charge is -2.36. The Balaban J connectivity index is 2.94. The number of amides is 4. The summed E-state index contributed by atoms with van der Waals surface area (Å²) < 4.78 is 0. The van der Waals surface area contributed by atoms with Gasteiger partial charge in [0.1, 0.15) is 18.1 Å². The Morgan fingerprint density at radius 3 is 2.16 bits per heavy atom. The quantitative estimate of drug-likeness (QED) is 0.440. The fraction of sp³-hybridized carbons (Fsp3) is 0.565. The first-order valence-corrected chi connectivity index (χ1v) is 10.6. The molecule has 1 heterocycles. The molecule has 0 unspecified atom stereocenters. The lowest BCUT2D eigenvalue weighted by molar-refractivity contribution is -0.151. The number of hydrogen-bond acceptors (Lipinski definition) is 4. The molecule has 3 atom stereocenters. The van der Waals surface area contributed by atoms with Gasteiger partial charge < -0.3 is 20.4 Å². The fourth-order valence-corrected chi connectivity index (χ4v) is 3.66. The smallest absolute Gasteiger partial charge is 0.246 e. The normalized spacial score (nSPS) is 18.8. The second-order valence-corrected chi connectivity index (χ2v) is 8.12. The van der Waals surface area contributed by atoms with Crippen molar-refractivity contribution in [2.75, 3.05) is 20.6 Å². The van der Waals surface area contributed by atoms with Crippen molar-refractivity contribution in [3.63, 3.8) is 0 Å². The van der Waals surface area contributed by atoms with Crippen LogP contribution in [0, 0.1) is 5.92 Å². The highest BCUT2D eigenvalue weighted by Crippen LogP contribution is 2.20. The zero-order valence-corrected chi connectivity index (χ0v) is 19.4. The summed E-state index contributed by atoms with van der Waals surface area (Å²) in [5.41, 5.74) is 5.42. The maximum absolute atomic E-state index is 13.2. The minimum absolute atomic E-state index is 0.164. The van der Waals surface area contributed by atoms with E-state index in [4.69, 9.17) is 5.73 Å². The number of likely N-dealkylation sites (tertiary alicyclic amines) is 1. The molecule has 1 rings (SSSR count). The van der Waals surface area contributed by atoms with Crippen LogP contribution < -0.4 is 5.73 Å². The molecule has 172 valence electrons. The highest BCUT2D eigenvalue weighted by molar-refractivity contribution is 5.95. The average Bonchev–Trinajstić information content (AvgIpc) is 3.21. The Labute approximate surface area is 185 Å². The maximum atomic E-state index is 13.2. The van der Waals surface area contributed by atoms with E-state index in [1.807, 2.05) is 32.9 Å². The number of carbonyl (C=O) groups is 4. The van der Waals surface area contributed by atoms with Crippen molar-refractivity contribution in [2.45, 2.75) is 58.7 Å². The van der Waals surface area contributed by atoms with E-state index < -0.39 is 24.0 Å². The number of rotatable bonds is 9. The first-order chi connectivity index (χ1) is 14.5. The van der Waals surface area contributed by atoms with Crippen molar-refractivity contribution in [3.05, 3.63) is 36.5 Å². The summed E-state index contributed by atoms with van der Waals surface area (Å²) >= 11 is 0. The van der Waals surface area contributed by atoms with Crippen molar-refractivity contribution in [1.82, 2.24) is 14.7 Å². The summed E-state index contributed by atoms with van der Waals surface area (Å²) in [5, 5.41) is 0. The predicted octanol–water partition coefficient (Wildman–Crippen LogP) is 1.48. The van der Waals surface area contributed by atoms with Crippen molar-refractivity contribution in [1.29, 1.82) is 0 Å². The van der Waals surface area contributed by atoms with Crippen molar-refractivity contribution in [2.24, 2.45) is 11.7 Å². The summed E-state index contributed by atoms with van der Waals surface area (Å²) in [4.78, 5) is 54.6. The molecule has 0 bridgehead atoms. The van der Waals surface area contributed by atoms with Crippen LogP contribution in [0.2, 0.25) is 0 Å². The minimum atomic E-state index is -0.781. The highest BCUT2D eigenvalue weighted by atomic mass is 16.2. The van der Waals surface area contributed by atoms with E-state index in [0.717, 1.165) is 0 Å². The maximum Gasteiger partial charge on any atom is 0.246 e. The summed E-state index contributed by atoms with van der Waals surface area (Å²) in [7, 11) is 3.12. The van der Waals surface area contributed by atoms with Crippen LogP contribution in [-0.2, 0) is 19.2 Å². The molecule has 8 heteroatoms. The van der Waals surface area contributed by atoms with Gasteiger partial charge in [-0.3, -0.25) is 19.2 Å². The van der Waals surface area contributed by atoms with E-state index >= 15 is 0 Å². The van der Waals surface area contributed by atoms with E-state index in [1.165, 1.54) is 20.8 Å². The molecule has 1 aliphatic rings. The van der Waals surface area contributed by atoms with Crippen LogP contribution in [0.15, 0.2) is 36.5 Å². The van der Waals surface area contributed by atoms with Crippen LogP contribution in [0.4, 0.5) is 0 Å². The molecule has 4 amide bonds. The van der Waals surface area contributed by atoms with Crippen molar-refractivity contribution in [3.8, 4) is 0 Å². The summed E-state index contributed by atoms with van der Waals surface area (Å²) in [6.07, 6.45) is 11.5. The largest absolute Gasteiger partial charge is 0.368 e. The number of nitrogens with zero attached hydrogens (tertiary/aromatic N) is 3. The van der Waals surface area contributed by atoms with Crippen LogP contribution in [0.1, 0.15) is 40.5 Å². The summed E-state index contributed by atoms with van der Waals surface area (Å²) in [5.74, 6) is -1.66. The minimum Gasteiger partial charge on any atom is -0.368 e. The standard InChI is InChI=1S/C23H36N4O4/c1-7-8-9-10-11-14-19(28)26(6)20(16(2)3)23(31)25(5)17(4)22(30)27-15-12-13-18(27)21(24)29/h7-11,14,16-18,20H,12-13,15H2,1-6H3,(H2,24,29)/b8-7+,10-9+,14-11+/t17-,18+,20+/m0/s1. The van der Waals surface area contributed by atoms with Gasteiger partial charge in [0.05, 0.1) is 0 Å². The SMILES string of the molecule is C/C=C/C=C/C=C/C(=O)N(C)[C@@H](C(=O)N(C)[C@@H](C)C(=O)N1CCC[C@@H]1C(N)=O)C(C)C. The number of hydrogen-bond donors (Lipinski definition) is 1. The Hall–Kier alpha value is -2.90. The Morgan fingerprint density at radius 1 is 1.00 bits per heavy atom. The highest BCUT2D eigenvalue weighted by Gasteiger charge is 2.39. The van der Waals surface area contributed by atoms with Gasteiger partial charge in [0.2, 0.25) is 23.6 Å². The first kappa shape index (κ1) is 26.1. The molecule has 0 aromatic carbocycles. The van der Waals surface area contributed by atoms with Gasteiger partial charge in [-0.05, 0) is 32.6 Å². The molecule has 31 heavy (non-hydrogen) atoms. The average molecular weight is 433 g/mol. The zero-order chi connectivity index (χ0) is 23.7. The molecule has 1 fully saturated rings. The first-order valence-electron chi connectivity index (χ1n) is 10.6. The van der Waals surface area contributed by atoms with Crippen LogP contribution in [0.5, 0.6) is 0 Å². The van der Waals surface area contributed by atoms with Crippen LogP contribution >= 0.6 is 0 Å². The summed E-state index contributed by atoms with van der Waals surface area (Å²) in [6.45, 7) is 7.67. The van der Waals surface area contributed by atoms with E-state index in [0.29, 0.717) is 19.4 Å². The second kappa shape index (κ2) is 12.1. The molecule has 0 aromatic rings. The van der Waals surface area contributed by atoms with Crippen LogP contribution in [-0.4, -0.2) is 77.1 Å². The molecule has 0 aromatic heterocycles. The third kappa shape index (κ3) is 6.80. The lowest BCUT2D eigenvalue weighted by atomic mass is 10.0. The van der Waals surface area contributed by atoms with Gasteiger partial charge in [-0.2, -0.15) is 0 Å². The number of likely N-dealkylation sites (N-methyl/N-ethyl adjacent to an activating group) is 2. The summed E-state index contributed by atoms with van der Waals surface area (Å²) in [6, 6.07) is -2.15. The van der Waals surface area contributed by atoms with Gasteiger partial charge in [0, 0.05) is 26.7 Å². The predicted molar refractivity (Wildman–Crippen MR) is 121 cm³/mol. The van der Waals surface area contributed by atoms with E-state index in [-0.39, 0.29) is 23.6 Å². The van der Waals surface area contributed by atoms with E-state index in [2.05, 4.69) is 0 Å². The van der Waals surface area contributed by atoms with Gasteiger partial charge in [0.15, 0.2) is 0 Å². The van der Waals surface area contributed by atoms with Crippen molar-refractivity contribution < 1.29 is 19.2 Å². The molecule has 2 N–H and O–H groups in total. The fourth-order valence-electron chi connectivity index (χ4n) is 3.66. The molecule has 0 aliphatic carbocycles. The van der Waals surface area contributed by atoms with Gasteiger partial charge in [0.25, 0.3) is 0 Å². The van der Waals surface area contributed by atoms with Gasteiger partial charge >= 0.3 is 0 Å². The molecular formula is C23H36N4O4. The monoisotopic (exact) mass is 432 g/mol. The Morgan fingerprint density at radius 2 is 1.61 bits per heavy atom. The lowest BCUT2D eigenvalue weighted by Crippen LogP contribution is -2.57. The van der Waals surface area contributed by atoms with Gasteiger partial charge in [-0.25, -0.2) is 0 Å². The van der Waals surface area contributed by atoms with E-state index in [9.17, 15) is 19.2 Å². The molecular weight excluding hydrogens is 396 g/mol. The number of nitrogens with two attached hydrogens (primary N) is 1. The Bertz CT molecular complexity index is 757. The third-order valence-corrected chi connectivity index (χ3v) is 5.56. The van der Waals surface area contributed by atoms with E-state index in [1.54, 1.807) is 39.2 Å². The second-order valence-electron chi connectivity index (χ2n) is 8.12. The number of allylic oxidation sites excluding steroid dienone is 5. The Kier molecular flexibility index (Phi) is 10.2. The number of carbonyl (C=O) groups excluding carboxylic acids is 4. The van der Waals surface area contributed by atoms with Gasteiger partial charge in [-0.1, -0.05) is 44.2 Å². The van der Waals surface area contributed by atoms with Crippen LogP contribution in [0.3, 0.4) is 0 Å². The molecule has 0 spiro atoms. The molecule has 8 nitrogen and oxygen atoms in total. The molecule has 1 saturated heterocycles. The topological polar surface area (TPSA) is 104 Å². The molecule has 0 radical (unpaired) electrons. The third-order valence-electron chi connectivity index (χ3n) is 5.56. The zero-order valence-electron chi connectivity index (χ0n) is 19.4. The van der Waals surface area contributed by atoms with Crippen molar-refractivity contribution >= 4 is 23.6 Å². The number of primary amides is 1.